The van der Waals surface area contributed by atoms with Gasteiger partial charge in [0.05, 0.1) is 25.7 Å². The van der Waals surface area contributed by atoms with Gasteiger partial charge in [0.15, 0.2) is 0 Å². The first-order chi connectivity index (χ1) is 12.6. The van der Waals surface area contributed by atoms with E-state index >= 15 is 0 Å². The fourth-order valence-electron chi connectivity index (χ4n) is 2.94. The molecule has 7 nitrogen and oxygen atoms in total. The molecule has 0 spiro atoms. The summed E-state index contributed by atoms with van der Waals surface area (Å²) in [6, 6.07) is 9.48. The molecule has 2 N–H and O–H groups in total. The molecule has 0 fully saturated rings. The molecule has 0 saturated heterocycles. The smallest absolute Gasteiger partial charge is 0.245 e. The number of hydrogen-bond donors (Lipinski definition) is 2. The van der Waals surface area contributed by atoms with Gasteiger partial charge in [-0.2, -0.15) is 5.10 Å². The molecule has 8 heteroatoms. The van der Waals surface area contributed by atoms with Crippen molar-refractivity contribution in [1.82, 2.24) is 15.3 Å². The van der Waals surface area contributed by atoms with Crippen molar-refractivity contribution in [2.45, 2.75) is 31.4 Å². The second-order valence-electron chi connectivity index (χ2n) is 5.92. The van der Waals surface area contributed by atoms with Gasteiger partial charge in [-0.05, 0) is 30.2 Å². The van der Waals surface area contributed by atoms with Crippen LogP contribution in [-0.4, -0.2) is 47.8 Å². The number of hydrogen-bond acceptors (Lipinski definition) is 5. The van der Waals surface area contributed by atoms with Crippen molar-refractivity contribution in [2.24, 2.45) is 0 Å². The van der Waals surface area contributed by atoms with E-state index < -0.39 is 12.0 Å². The van der Waals surface area contributed by atoms with Crippen LogP contribution in [0.3, 0.4) is 0 Å². The lowest BCUT2D eigenvalue weighted by Crippen LogP contribution is -2.32. The highest BCUT2D eigenvalue weighted by Gasteiger charge is 2.28. The monoisotopic (exact) mass is 381 g/mol. The van der Waals surface area contributed by atoms with Gasteiger partial charge in [-0.3, -0.25) is 14.7 Å². The number of amides is 1. The molecule has 0 bridgehead atoms. The lowest BCUT2D eigenvalue weighted by Gasteiger charge is -2.26. The second-order valence-corrected chi connectivity index (χ2v) is 6.36. The molecule has 0 unspecified atom stereocenters. The molecule has 2 rings (SSSR count). The van der Waals surface area contributed by atoms with Crippen LogP contribution in [0.25, 0.3) is 0 Å². The van der Waals surface area contributed by atoms with Crippen LogP contribution in [0.5, 0.6) is 0 Å². The molecule has 0 aliphatic carbocycles. The number of hydroxylamine groups is 1. The third-order valence-electron chi connectivity index (χ3n) is 4.27. The topological polar surface area (TPSA) is 85.6 Å². The number of ether oxygens (including phenoxy) is 2. The first-order valence-electron chi connectivity index (χ1n) is 8.29. The van der Waals surface area contributed by atoms with Crippen LogP contribution in [0.2, 0.25) is 5.02 Å². The van der Waals surface area contributed by atoms with E-state index in [4.69, 9.17) is 26.3 Å². The summed E-state index contributed by atoms with van der Waals surface area (Å²) in [4.78, 5) is 11.7. The van der Waals surface area contributed by atoms with Crippen molar-refractivity contribution in [3.8, 4) is 0 Å². The predicted octanol–water partition coefficient (Wildman–Crippen LogP) is 2.42. The van der Waals surface area contributed by atoms with Crippen molar-refractivity contribution in [1.29, 1.82) is 0 Å². The largest absolute Gasteiger partial charge is 0.383 e. The Morgan fingerprint density at radius 1 is 1.31 bits per heavy atom. The second kappa shape index (κ2) is 10.3. The van der Waals surface area contributed by atoms with Gasteiger partial charge in [0.1, 0.15) is 0 Å². The summed E-state index contributed by atoms with van der Waals surface area (Å²) in [7, 11) is 3.19. The molecule has 2 aromatic rings. The van der Waals surface area contributed by atoms with E-state index in [1.807, 2.05) is 35.0 Å². The molecule has 0 radical (unpaired) electrons. The molecular formula is C18H24ClN3O4. The summed E-state index contributed by atoms with van der Waals surface area (Å²) in [5.41, 5.74) is 3.67. The van der Waals surface area contributed by atoms with Gasteiger partial charge in [-0.25, -0.2) is 5.48 Å². The molecule has 2 atom stereocenters. The SMILES string of the molecule is COCCn1nccc1[C@@H](Cc1ccc(Cl)cc1)[C@@H](CC(=O)NO)OC. The molecule has 0 aliphatic rings. The molecule has 1 aromatic carbocycles. The number of carbonyl (C=O) groups excluding carboxylic acids is 1. The van der Waals surface area contributed by atoms with Gasteiger partial charge in [0.2, 0.25) is 5.91 Å². The average Bonchev–Trinajstić information content (AvgIpc) is 3.12. The summed E-state index contributed by atoms with van der Waals surface area (Å²) >= 11 is 5.97. The Balaban J connectivity index is 2.32. The lowest BCUT2D eigenvalue weighted by atomic mass is 9.89. The zero-order valence-electron chi connectivity index (χ0n) is 14.9. The Morgan fingerprint density at radius 2 is 2.04 bits per heavy atom. The van der Waals surface area contributed by atoms with Crippen molar-refractivity contribution in [3.63, 3.8) is 0 Å². The highest BCUT2D eigenvalue weighted by atomic mass is 35.5. The Kier molecular flexibility index (Phi) is 8.06. The Bertz CT molecular complexity index is 690. The number of nitrogens with zero attached hydrogens (tertiary/aromatic N) is 2. The highest BCUT2D eigenvalue weighted by Crippen LogP contribution is 2.28. The van der Waals surface area contributed by atoms with Gasteiger partial charge < -0.3 is 9.47 Å². The van der Waals surface area contributed by atoms with Gasteiger partial charge in [0, 0.05) is 37.1 Å². The standard InChI is InChI=1S/C18H24ClN3O4/c1-25-10-9-22-16(7-8-20-22)15(17(26-2)12-18(23)21-24)11-13-3-5-14(19)6-4-13/h3-8,15,17,24H,9-12H2,1-2H3,(H,21,23)/t15-,17-/m1/s1. The van der Waals surface area contributed by atoms with Crippen LogP contribution >= 0.6 is 11.6 Å². The Labute approximate surface area is 157 Å². The quantitative estimate of drug-likeness (QED) is 0.487. The molecule has 142 valence electrons. The zero-order valence-corrected chi connectivity index (χ0v) is 15.6. The fourth-order valence-corrected chi connectivity index (χ4v) is 3.07. The fraction of sp³-hybridized carbons (Fsp3) is 0.444. The molecule has 1 heterocycles. The van der Waals surface area contributed by atoms with Gasteiger partial charge in [-0.15, -0.1) is 0 Å². The Morgan fingerprint density at radius 3 is 2.65 bits per heavy atom. The van der Waals surface area contributed by atoms with E-state index in [0.29, 0.717) is 24.6 Å². The minimum absolute atomic E-state index is 0.0285. The molecule has 0 aliphatic heterocycles. The minimum atomic E-state index is -0.499. The number of aromatic nitrogens is 2. The van der Waals surface area contributed by atoms with Gasteiger partial charge >= 0.3 is 0 Å². The van der Waals surface area contributed by atoms with E-state index in [1.54, 1.807) is 25.9 Å². The third kappa shape index (κ3) is 5.54. The van der Waals surface area contributed by atoms with Crippen LogP contribution in [0.15, 0.2) is 36.5 Å². The van der Waals surface area contributed by atoms with Crippen LogP contribution < -0.4 is 5.48 Å². The number of nitrogens with one attached hydrogen (secondary N) is 1. The summed E-state index contributed by atoms with van der Waals surface area (Å²) in [5.74, 6) is -0.640. The van der Waals surface area contributed by atoms with E-state index in [-0.39, 0.29) is 12.3 Å². The summed E-state index contributed by atoms with van der Waals surface area (Å²) in [6.45, 7) is 1.12. The molecule has 0 saturated carbocycles. The summed E-state index contributed by atoms with van der Waals surface area (Å²) < 4.78 is 12.6. The number of benzene rings is 1. The number of methoxy groups -OCH3 is 2. The van der Waals surface area contributed by atoms with Gasteiger partial charge in [0.25, 0.3) is 0 Å². The van der Waals surface area contributed by atoms with E-state index in [0.717, 1.165) is 11.3 Å². The third-order valence-corrected chi connectivity index (χ3v) is 4.52. The lowest BCUT2D eigenvalue weighted by molar-refractivity contribution is -0.132. The van der Waals surface area contributed by atoms with Crippen molar-refractivity contribution in [3.05, 3.63) is 52.8 Å². The van der Waals surface area contributed by atoms with Crippen LogP contribution in [0, 0.1) is 0 Å². The highest BCUT2D eigenvalue weighted by molar-refractivity contribution is 6.30. The zero-order chi connectivity index (χ0) is 18.9. The molecule has 1 amide bonds. The van der Waals surface area contributed by atoms with Crippen LogP contribution in [0.1, 0.15) is 23.6 Å². The number of halogens is 1. The first-order valence-corrected chi connectivity index (χ1v) is 8.67. The van der Waals surface area contributed by atoms with Crippen molar-refractivity contribution < 1.29 is 19.5 Å². The summed E-state index contributed by atoms with van der Waals surface area (Å²) in [6.07, 6.45) is 1.95. The maximum atomic E-state index is 11.7. The normalized spacial score (nSPS) is 13.4. The average molecular weight is 382 g/mol. The first kappa shape index (κ1) is 20.4. The molecular weight excluding hydrogens is 358 g/mol. The van der Waals surface area contributed by atoms with Crippen molar-refractivity contribution >= 4 is 17.5 Å². The van der Waals surface area contributed by atoms with E-state index in [1.165, 1.54) is 0 Å². The predicted molar refractivity (Wildman–Crippen MR) is 97.3 cm³/mol. The number of carbonyl (C=O) groups is 1. The molecule has 26 heavy (non-hydrogen) atoms. The number of rotatable bonds is 10. The minimum Gasteiger partial charge on any atom is -0.383 e. The summed E-state index contributed by atoms with van der Waals surface area (Å²) in [5, 5.41) is 13.9. The van der Waals surface area contributed by atoms with E-state index in [2.05, 4.69) is 5.10 Å². The van der Waals surface area contributed by atoms with E-state index in [9.17, 15) is 4.79 Å². The van der Waals surface area contributed by atoms with Crippen molar-refractivity contribution in [2.75, 3.05) is 20.8 Å². The van der Waals surface area contributed by atoms with Gasteiger partial charge in [-0.1, -0.05) is 23.7 Å². The molecule has 1 aromatic heterocycles. The maximum absolute atomic E-state index is 11.7. The van der Waals surface area contributed by atoms with Crippen LogP contribution in [-0.2, 0) is 27.2 Å². The maximum Gasteiger partial charge on any atom is 0.245 e. The van der Waals surface area contributed by atoms with Crippen LogP contribution in [0.4, 0.5) is 0 Å². The Hall–Kier alpha value is -1.93.